The third kappa shape index (κ3) is 5.41. The topological polar surface area (TPSA) is 135 Å². The van der Waals surface area contributed by atoms with Crippen molar-refractivity contribution in [1.82, 2.24) is 10.2 Å². The van der Waals surface area contributed by atoms with E-state index in [9.17, 15) is 24.6 Å². The van der Waals surface area contributed by atoms with Gasteiger partial charge in [0, 0.05) is 36.4 Å². The number of carbonyl (C=O) groups is 3. The summed E-state index contributed by atoms with van der Waals surface area (Å²) in [5, 5.41) is 23.5. The van der Waals surface area contributed by atoms with Gasteiger partial charge in [-0.05, 0) is 43.5 Å². The molecule has 0 radical (unpaired) electrons. The van der Waals surface area contributed by atoms with E-state index in [1.54, 1.807) is 18.2 Å². The van der Waals surface area contributed by atoms with Gasteiger partial charge in [-0.2, -0.15) is 0 Å². The zero-order valence-electron chi connectivity index (χ0n) is 21.1. The molecule has 2 aliphatic heterocycles. The Hall–Kier alpha value is -3.21. The lowest BCUT2D eigenvalue weighted by molar-refractivity contribution is -0.134. The van der Waals surface area contributed by atoms with Crippen LogP contribution in [0.4, 0.5) is 0 Å². The first-order valence-corrected chi connectivity index (χ1v) is 12.6. The molecular weight excluding hydrogens is 480 g/mol. The van der Waals surface area contributed by atoms with Crippen molar-refractivity contribution in [3.05, 3.63) is 47.1 Å². The molecule has 0 unspecified atom stereocenters. The minimum atomic E-state index is -1.18. The molecule has 10 nitrogen and oxygen atoms in total. The van der Waals surface area contributed by atoms with Gasteiger partial charge in [0.2, 0.25) is 11.8 Å². The first-order valence-electron chi connectivity index (χ1n) is 12.6. The molecule has 37 heavy (non-hydrogen) atoms. The van der Waals surface area contributed by atoms with E-state index in [4.69, 9.17) is 14.2 Å². The first kappa shape index (κ1) is 26.8. The SMILES string of the molecule is CCC=CC(=O)N(C[C@H]1CCCO1)[C@@H]1C=C(C(=O)NCCO)[C@@H]2c3cc(C=O)cc(OC)c3O[C@@H]2[C@H]1O. The Morgan fingerprint density at radius 2 is 2.14 bits per heavy atom. The van der Waals surface area contributed by atoms with Crippen LogP contribution in [-0.2, 0) is 14.3 Å². The minimum Gasteiger partial charge on any atom is -0.493 e. The fourth-order valence-corrected chi connectivity index (χ4v) is 5.24. The summed E-state index contributed by atoms with van der Waals surface area (Å²) in [6.45, 7) is 2.56. The molecule has 200 valence electrons. The Kier molecular flexibility index (Phi) is 8.63. The van der Waals surface area contributed by atoms with Crippen LogP contribution in [0.2, 0.25) is 0 Å². The monoisotopic (exact) mass is 514 g/mol. The Morgan fingerprint density at radius 3 is 2.78 bits per heavy atom. The minimum absolute atomic E-state index is 0.0317. The average molecular weight is 515 g/mol. The second-order valence-corrected chi connectivity index (χ2v) is 9.34. The second-order valence-electron chi connectivity index (χ2n) is 9.34. The van der Waals surface area contributed by atoms with Crippen molar-refractivity contribution >= 4 is 18.1 Å². The number of amides is 2. The number of fused-ring (bicyclic) bond motifs is 3. The molecule has 1 aromatic carbocycles. The summed E-state index contributed by atoms with van der Waals surface area (Å²) in [4.78, 5) is 39.7. The van der Waals surface area contributed by atoms with Gasteiger partial charge in [-0.25, -0.2) is 0 Å². The number of ether oxygens (including phenoxy) is 3. The lowest BCUT2D eigenvalue weighted by Crippen LogP contribution is -2.56. The normalized spacial score (nSPS) is 26.2. The summed E-state index contributed by atoms with van der Waals surface area (Å²) in [5.41, 5.74) is 1.16. The van der Waals surface area contributed by atoms with Crippen molar-refractivity contribution in [2.24, 2.45) is 0 Å². The van der Waals surface area contributed by atoms with E-state index in [1.807, 2.05) is 6.92 Å². The summed E-state index contributed by atoms with van der Waals surface area (Å²) in [5.74, 6) is -0.818. The molecule has 0 spiro atoms. The third-order valence-electron chi connectivity index (χ3n) is 6.97. The summed E-state index contributed by atoms with van der Waals surface area (Å²) in [6.07, 6.45) is 5.56. The molecule has 1 fully saturated rings. The molecule has 2 amide bonds. The molecule has 10 heteroatoms. The van der Waals surface area contributed by atoms with Crippen LogP contribution in [-0.4, -0.2) is 91.0 Å². The maximum absolute atomic E-state index is 13.3. The van der Waals surface area contributed by atoms with Crippen molar-refractivity contribution in [3.8, 4) is 11.5 Å². The molecule has 4 rings (SSSR count). The number of aldehydes is 1. The van der Waals surface area contributed by atoms with E-state index in [0.29, 0.717) is 41.9 Å². The highest BCUT2D eigenvalue weighted by atomic mass is 16.5. The molecule has 0 bridgehead atoms. The third-order valence-corrected chi connectivity index (χ3v) is 6.97. The fourth-order valence-electron chi connectivity index (χ4n) is 5.24. The molecule has 0 aromatic heterocycles. The van der Waals surface area contributed by atoms with Gasteiger partial charge in [-0.3, -0.25) is 14.4 Å². The molecule has 3 N–H and O–H groups in total. The van der Waals surface area contributed by atoms with Crippen molar-refractivity contribution in [1.29, 1.82) is 0 Å². The number of methoxy groups -OCH3 is 1. The number of aliphatic hydroxyl groups excluding tert-OH is 2. The number of nitrogens with zero attached hydrogens (tertiary/aromatic N) is 1. The predicted octanol–water partition coefficient (Wildman–Crippen LogP) is 1.10. The fraction of sp³-hybridized carbons (Fsp3) is 0.519. The lowest BCUT2D eigenvalue weighted by Gasteiger charge is -2.41. The summed E-state index contributed by atoms with van der Waals surface area (Å²) in [6, 6.07) is 2.28. The van der Waals surface area contributed by atoms with Crippen LogP contribution in [0.15, 0.2) is 35.9 Å². The largest absolute Gasteiger partial charge is 0.493 e. The van der Waals surface area contributed by atoms with Gasteiger partial charge in [0.25, 0.3) is 0 Å². The molecule has 5 atom stereocenters. The summed E-state index contributed by atoms with van der Waals surface area (Å²) in [7, 11) is 1.45. The quantitative estimate of drug-likeness (QED) is 0.312. The summed E-state index contributed by atoms with van der Waals surface area (Å²) < 4.78 is 17.4. The Labute approximate surface area is 215 Å². The highest BCUT2D eigenvalue weighted by Gasteiger charge is 2.51. The van der Waals surface area contributed by atoms with Gasteiger partial charge in [0.15, 0.2) is 11.5 Å². The number of aliphatic hydroxyl groups is 2. The zero-order valence-corrected chi connectivity index (χ0v) is 21.1. The van der Waals surface area contributed by atoms with Crippen LogP contribution in [0.1, 0.15) is 48.0 Å². The van der Waals surface area contributed by atoms with E-state index in [0.717, 1.165) is 12.8 Å². The number of hydrogen-bond acceptors (Lipinski definition) is 8. The van der Waals surface area contributed by atoms with Crippen LogP contribution in [0.25, 0.3) is 0 Å². The van der Waals surface area contributed by atoms with Gasteiger partial charge in [0.1, 0.15) is 18.5 Å². The number of hydrogen-bond donors (Lipinski definition) is 3. The molecule has 1 aliphatic carbocycles. The van der Waals surface area contributed by atoms with Crippen LogP contribution < -0.4 is 14.8 Å². The van der Waals surface area contributed by atoms with Crippen LogP contribution in [0.5, 0.6) is 11.5 Å². The first-order chi connectivity index (χ1) is 17.9. The van der Waals surface area contributed by atoms with Gasteiger partial charge in [-0.15, -0.1) is 0 Å². The molecule has 3 aliphatic rings. The zero-order chi connectivity index (χ0) is 26.5. The molecular formula is C27H34N2O8. The second kappa shape index (κ2) is 11.9. The molecule has 1 saturated heterocycles. The van der Waals surface area contributed by atoms with Gasteiger partial charge in [0.05, 0.1) is 31.8 Å². The van der Waals surface area contributed by atoms with Crippen LogP contribution in [0, 0.1) is 0 Å². The summed E-state index contributed by atoms with van der Waals surface area (Å²) >= 11 is 0. The van der Waals surface area contributed by atoms with E-state index in [2.05, 4.69) is 5.32 Å². The number of rotatable bonds is 10. The number of allylic oxidation sites excluding steroid dienone is 1. The maximum atomic E-state index is 13.3. The highest BCUT2D eigenvalue weighted by molar-refractivity contribution is 5.97. The van der Waals surface area contributed by atoms with E-state index >= 15 is 0 Å². The number of nitrogens with one attached hydrogen (secondary N) is 1. The van der Waals surface area contributed by atoms with Crippen molar-refractivity contribution in [3.63, 3.8) is 0 Å². The van der Waals surface area contributed by atoms with Crippen molar-refractivity contribution < 1.29 is 38.8 Å². The van der Waals surface area contributed by atoms with Crippen LogP contribution >= 0.6 is 0 Å². The maximum Gasteiger partial charge on any atom is 0.247 e. The van der Waals surface area contributed by atoms with E-state index < -0.39 is 30.1 Å². The van der Waals surface area contributed by atoms with E-state index in [1.165, 1.54) is 24.2 Å². The average Bonchev–Trinajstić information content (AvgIpc) is 3.57. The van der Waals surface area contributed by atoms with Gasteiger partial charge < -0.3 is 34.6 Å². The van der Waals surface area contributed by atoms with Crippen molar-refractivity contribution in [2.45, 2.75) is 56.5 Å². The highest BCUT2D eigenvalue weighted by Crippen LogP contribution is 2.51. The molecule has 0 saturated carbocycles. The lowest BCUT2D eigenvalue weighted by atomic mass is 9.77. The predicted molar refractivity (Wildman–Crippen MR) is 134 cm³/mol. The molecule has 2 heterocycles. The smallest absolute Gasteiger partial charge is 0.247 e. The Morgan fingerprint density at radius 1 is 1.32 bits per heavy atom. The Balaban J connectivity index is 1.79. The van der Waals surface area contributed by atoms with Crippen LogP contribution in [0.3, 0.4) is 0 Å². The van der Waals surface area contributed by atoms with E-state index in [-0.39, 0.29) is 37.3 Å². The van der Waals surface area contributed by atoms with Gasteiger partial charge >= 0.3 is 0 Å². The van der Waals surface area contributed by atoms with Gasteiger partial charge in [-0.1, -0.05) is 13.0 Å². The number of benzene rings is 1. The Bertz CT molecular complexity index is 1080. The van der Waals surface area contributed by atoms with Crippen molar-refractivity contribution in [2.75, 3.05) is 33.4 Å². The standard InChI is InChI=1S/C27H34N2O8/c1-3-4-7-22(32)29(14-17-6-5-10-36-17)20-13-19(27(34)28-8-9-30)23-18-11-16(15-31)12-21(35-2)25(18)37-26(23)24(20)33/h4,7,11-13,15,17,20,23-24,26,30,33H,3,5-6,8-10,14H2,1-2H3,(H,28,34)/t17-,20-,23+,24+,26+/m1/s1. The molecule has 1 aromatic rings. The number of carbonyl (C=O) groups excluding carboxylic acids is 3.